The van der Waals surface area contributed by atoms with Crippen LogP contribution in [0.25, 0.3) is 11.3 Å². The maximum Gasteiger partial charge on any atom is 0.416 e. The number of rotatable bonds is 19. The Morgan fingerprint density at radius 1 is 0.839 bits per heavy atom. The van der Waals surface area contributed by atoms with Crippen molar-refractivity contribution in [3.05, 3.63) is 113 Å². The monoisotopic (exact) mass is 792 g/mol. The summed E-state index contributed by atoms with van der Waals surface area (Å²) in [6.45, 7) is 14.0. The molecule has 0 aliphatic rings. The number of halogens is 3. The number of carboxylic acid groups (broad SMARTS) is 1. The van der Waals surface area contributed by atoms with E-state index in [1.165, 1.54) is 24.4 Å². The number of benzene rings is 3. The van der Waals surface area contributed by atoms with Crippen molar-refractivity contribution in [2.75, 3.05) is 29.9 Å². The van der Waals surface area contributed by atoms with Gasteiger partial charge in [0.05, 0.1) is 22.5 Å². The minimum atomic E-state index is -4.49. The highest BCUT2D eigenvalue weighted by Gasteiger charge is 2.30. The number of carbonyl (C=O) groups excluding carboxylic acids is 2. The normalized spacial score (nSPS) is 11.9. The molecule has 0 bridgehead atoms. The van der Waals surface area contributed by atoms with E-state index in [1.54, 1.807) is 23.9 Å². The molecule has 0 aliphatic heterocycles. The molecule has 2 amide bonds. The second-order valence-corrected chi connectivity index (χ2v) is 16.4. The third kappa shape index (κ3) is 13.1. The minimum Gasteiger partial charge on any atom is -0.481 e. The molecule has 0 saturated carbocycles. The number of hydrogen-bond donors (Lipinski definition) is 3. The fourth-order valence-electron chi connectivity index (χ4n) is 5.90. The summed E-state index contributed by atoms with van der Waals surface area (Å²) in [5.74, 6) is -0.987. The summed E-state index contributed by atoms with van der Waals surface area (Å²) in [6.07, 6.45) is -1.76. The van der Waals surface area contributed by atoms with Gasteiger partial charge in [0.2, 0.25) is 0 Å². The molecule has 56 heavy (non-hydrogen) atoms. The van der Waals surface area contributed by atoms with Gasteiger partial charge in [0.25, 0.3) is 11.8 Å². The summed E-state index contributed by atoms with van der Waals surface area (Å²) in [7, 11) is 0. The first kappa shape index (κ1) is 43.8. The lowest BCUT2D eigenvalue weighted by atomic mass is 10.0. The molecule has 4 aromatic rings. The summed E-state index contributed by atoms with van der Waals surface area (Å²) in [5, 5.41) is 14.8. The third-order valence-electron chi connectivity index (χ3n) is 9.34. The number of ether oxygens (including phenoxy) is 1. The van der Waals surface area contributed by atoms with Gasteiger partial charge in [-0.1, -0.05) is 38.1 Å². The van der Waals surface area contributed by atoms with Gasteiger partial charge >= 0.3 is 12.1 Å². The van der Waals surface area contributed by atoms with E-state index in [0.29, 0.717) is 46.9 Å². The Bertz CT molecular complexity index is 1980. The van der Waals surface area contributed by atoms with Crippen LogP contribution in [0.2, 0.25) is 0 Å². The highest BCUT2D eigenvalue weighted by atomic mass is 32.2. The van der Waals surface area contributed by atoms with Crippen molar-refractivity contribution in [3.63, 3.8) is 0 Å². The Morgan fingerprint density at radius 2 is 1.54 bits per heavy atom. The number of anilines is 2. The molecule has 13 heteroatoms. The van der Waals surface area contributed by atoms with Crippen LogP contribution < -0.4 is 15.5 Å². The fraction of sp³-hybridized carbons (Fsp3) is 0.395. The molecule has 9 nitrogen and oxygen atoms in total. The van der Waals surface area contributed by atoms with Crippen LogP contribution in [0.5, 0.6) is 0 Å². The quantitative estimate of drug-likeness (QED) is 0.0859. The number of thioether (sulfide) groups is 1. The number of aromatic nitrogens is 1. The summed E-state index contributed by atoms with van der Waals surface area (Å²) in [6, 6.07) is 21.0. The first-order valence-electron chi connectivity index (χ1n) is 18.6. The van der Waals surface area contributed by atoms with Gasteiger partial charge in [-0.15, -0.1) is 0 Å². The van der Waals surface area contributed by atoms with E-state index in [9.17, 15) is 27.6 Å². The van der Waals surface area contributed by atoms with Gasteiger partial charge < -0.3 is 25.4 Å². The molecule has 300 valence electrons. The van der Waals surface area contributed by atoms with Crippen molar-refractivity contribution >= 4 is 40.9 Å². The predicted molar refractivity (Wildman–Crippen MR) is 217 cm³/mol. The first-order chi connectivity index (χ1) is 26.4. The van der Waals surface area contributed by atoms with Crippen LogP contribution >= 0.6 is 11.8 Å². The van der Waals surface area contributed by atoms with Crippen molar-refractivity contribution in [1.82, 2.24) is 10.3 Å². The number of nitrogens with one attached hydrogen (secondary N) is 2. The van der Waals surface area contributed by atoms with Crippen LogP contribution in [-0.4, -0.2) is 57.9 Å². The van der Waals surface area contributed by atoms with Gasteiger partial charge in [0.1, 0.15) is 0 Å². The summed E-state index contributed by atoms with van der Waals surface area (Å²) in [5.41, 5.74) is 3.12. The molecule has 0 atom stereocenters. The van der Waals surface area contributed by atoms with Crippen molar-refractivity contribution in [3.8, 4) is 11.3 Å². The van der Waals surface area contributed by atoms with E-state index in [0.717, 1.165) is 42.9 Å². The molecule has 0 spiro atoms. The van der Waals surface area contributed by atoms with Crippen molar-refractivity contribution in [2.45, 2.75) is 89.6 Å². The van der Waals surface area contributed by atoms with E-state index in [4.69, 9.17) is 9.84 Å². The summed E-state index contributed by atoms with van der Waals surface area (Å²) < 4.78 is 45.5. The number of carbonyl (C=O) groups is 3. The van der Waals surface area contributed by atoms with E-state index in [2.05, 4.69) is 34.4 Å². The molecule has 0 unspecified atom stereocenters. The summed E-state index contributed by atoms with van der Waals surface area (Å²) >= 11 is 1.74. The molecule has 0 radical (unpaired) electrons. The highest BCUT2D eigenvalue weighted by Crippen LogP contribution is 2.34. The van der Waals surface area contributed by atoms with Crippen LogP contribution in [0.15, 0.2) is 85.1 Å². The van der Waals surface area contributed by atoms with Gasteiger partial charge in [-0.25, -0.2) is 0 Å². The zero-order chi connectivity index (χ0) is 41.1. The number of alkyl halides is 3. The van der Waals surface area contributed by atoms with Crippen LogP contribution in [0.4, 0.5) is 24.5 Å². The van der Waals surface area contributed by atoms with Crippen molar-refractivity contribution in [2.24, 2.45) is 0 Å². The zero-order valence-corrected chi connectivity index (χ0v) is 33.6. The number of hydrogen-bond acceptors (Lipinski definition) is 7. The van der Waals surface area contributed by atoms with Crippen LogP contribution in [-0.2, 0) is 28.0 Å². The zero-order valence-electron chi connectivity index (χ0n) is 32.8. The lowest BCUT2D eigenvalue weighted by molar-refractivity contribution is -0.139. The molecule has 0 saturated heterocycles. The number of aliphatic carboxylic acids is 1. The average Bonchev–Trinajstić information content (AvgIpc) is 3.16. The molecule has 1 heterocycles. The van der Waals surface area contributed by atoms with E-state index < -0.39 is 29.2 Å². The number of nitrogens with zero attached hydrogens (tertiary/aromatic N) is 2. The third-order valence-corrected chi connectivity index (χ3v) is 10.8. The molecule has 0 fully saturated rings. The van der Waals surface area contributed by atoms with Gasteiger partial charge in [-0.3, -0.25) is 19.4 Å². The number of pyridine rings is 1. The van der Waals surface area contributed by atoms with Crippen molar-refractivity contribution < 1.29 is 37.4 Å². The lowest BCUT2D eigenvalue weighted by Gasteiger charge is -2.29. The Kier molecular flexibility index (Phi) is 15.1. The SMILES string of the molecule is CCN(CC)c1ccc(NC(=O)c2cccc(CSC(C)(C)CCOC(C)(C)CCC(=O)O)c2)c(-c2cc(C(=O)NCc3cccc(C(F)(F)F)c3)ccn2)c1. The first-order valence-corrected chi connectivity index (χ1v) is 19.6. The molecule has 3 N–H and O–H groups in total. The highest BCUT2D eigenvalue weighted by molar-refractivity contribution is 7.99. The molecular weight excluding hydrogens is 742 g/mol. The van der Waals surface area contributed by atoms with Gasteiger partial charge in [-0.2, -0.15) is 24.9 Å². The summed E-state index contributed by atoms with van der Waals surface area (Å²) in [4.78, 5) is 44.6. The molecule has 0 aliphatic carbocycles. The molecule has 3 aromatic carbocycles. The Labute approximate surface area is 331 Å². The Balaban J connectivity index is 1.49. The Morgan fingerprint density at radius 3 is 2.23 bits per heavy atom. The van der Waals surface area contributed by atoms with E-state index in [1.807, 2.05) is 64.1 Å². The second-order valence-electron chi connectivity index (χ2n) is 14.7. The number of carboxylic acids is 1. The number of amides is 2. The standard InChI is InChI=1S/C43H51F3N4O5S/c1-7-50(8-2)34-15-16-36(35(26-34)37-25-32(18-21-47-37)39(53)48-27-29-11-10-14-33(24-29)43(44,45)46)49-40(54)31-13-9-12-30(23-31)28-56-42(5,6)20-22-55-41(3,4)19-17-38(51)52/h9-16,18,21,23-26H,7-8,17,19-20,22,27-28H2,1-6H3,(H,48,53)(H,49,54)(H,51,52). The predicted octanol–water partition coefficient (Wildman–Crippen LogP) is 9.86. The van der Waals surface area contributed by atoms with Crippen molar-refractivity contribution in [1.29, 1.82) is 0 Å². The Hall–Kier alpha value is -4.88. The van der Waals surface area contributed by atoms with E-state index in [-0.39, 0.29) is 29.2 Å². The molecule has 4 rings (SSSR count). The smallest absolute Gasteiger partial charge is 0.416 e. The van der Waals surface area contributed by atoms with E-state index >= 15 is 0 Å². The van der Waals surface area contributed by atoms with Gasteiger partial charge in [0, 0.05) is 71.7 Å². The molecule has 1 aromatic heterocycles. The minimum absolute atomic E-state index is 0.0539. The van der Waals surface area contributed by atoms with Crippen LogP contribution in [0.1, 0.15) is 98.2 Å². The van der Waals surface area contributed by atoms with Gasteiger partial charge in [-0.05, 0) is 106 Å². The molecular formula is C43H51F3N4O5S. The van der Waals surface area contributed by atoms with Gasteiger partial charge in [0.15, 0.2) is 0 Å². The largest absolute Gasteiger partial charge is 0.481 e. The van der Waals surface area contributed by atoms with Crippen LogP contribution in [0.3, 0.4) is 0 Å². The average molecular weight is 793 g/mol. The lowest BCUT2D eigenvalue weighted by Crippen LogP contribution is -2.28. The maximum absolute atomic E-state index is 13.8. The van der Waals surface area contributed by atoms with Crippen LogP contribution in [0, 0.1) is 0 Å². The fourth-order valence-corrected chi connectivity index (χ4v) is 6.87. The maximum atomic E-state index is 13.8. The second kappa shape index (κ2) is 19.3. The topological polar surface area (TPSA) is 121 Å².